The number of ether oxygens (including phenoxy) is 1. The van der Waals surface area contributed by atoms with Crippen molar-refractivity contribution in [3.8, 4) is 0 Å². The Balaban J connectivity index is 2.00. The van der Waals surface area contributed by atoms with Gasteiger partial charge in [-0.05, 0) is 38.0 Å². The van der Waals surface area contributed by atoms with Gasteiger partial charge in [0.25, 0.3) is 0 Å². The van der Waals surface area contributed by atoms with Gasteiger partial charge >= 0.3 is 5.97 Å². The number of carbonyl (C=O) groups is 1. The van der Waals surface area contributed by atoms with Gasteiger partial charge in [-0.15, -0.1) is 0 Å². The number of halogens is 1. The number of esters is 1. The molecule has 4 aliphatic rings. The molecule has 4 rings (SSSR count). The van der Waals surface area contributed by atoms with Crippen molar-refractivity contribution in [2.75, 3.05) is 0 Å². The van der Waals surface area contributed by atoms with Crippen LogP contribution in [0.15, 0.2) is 0 Å². The van der Waals surface area contributed by atoms with E-state index in [2.05, 4.69) is 22.6 Å². The molecule has 2 heterocycles. The molecule has 2 saturated heterocycles. The molecule has 0 amide bonds. The minimum Gasteiger partial charge on any atom is -0.462 e. The van der Waals surface area contributed by atoms with Crippen molar-refractivity contribution in [3.05, 3.63) is 0 Å². The Morgan fingerprint density at radius 2 is 2.15 bits per heavy atom. The largest absolute Gasteiger partial charge is 0.462 e. The van der Waals surface area contributed by atoms with E-state index in [0.717, 1.165) is 31.6 Å². The van der Waals surface area contributed by atoms with Crippen LogP contribution < -0.4 is 0 Å². The summed E-state index contributed by atoms with van der Waals surface area (Å²) in [6.45, 7) is 0. The first-order valence-electron chi connectivity index (χ1n) is 5.04. The van der Waals surface area contributed by atoms with Crippen LogP contribution in [0, 0.1) is 11.8 Å². The van der Waals surface area contributed by atoms with E-state index >= 15 is 0 Å². The summed E-state index contributed by atoms with van der Waals surface area (Å²) in [5, 5.41) is 0. The van der Waals surface area contributed by atoms with Gasteiger partial charge in [-0.3, -0.25) is 4.79 Å². The van der Waals surface area contributed by atoms with Gasteiger partial charge in [-0.1, -0.05) is 22.6 Å². The van der Waals surface area contributed by atoms with Crippen molar-refractivity contribution in [1.82, 2.24) is 0 Å². The molecule has 4 unspecified atom stereocenters. The molecule has 2 nitrogen and oxygen atoms in total. The summed E-state index contributed by atoms with van der Waals surface area (Å²) >= 11 is 2.57. The molecule has 4 atom stereocenters. The van der Waals surface area contributed by atoms with E-state index in [1.54, 1.807) is 0 Å². The fourth-order valence-electron chi connectivity index (χ4n) is 3.35. The van der Waals surface area contributed by atoms with E-state index in [-0.39, 0.29) is 18.0 Å². The smallest absolute Gasteiger partial charge is 0.309 e. The Kier molecular flexibility index (Phi) is 1.71. The van der Waals surface area contributed by atoms with E-state index in [9.17, 15) is 4.79 Å². The predicted octanol–water partition coefficient (Wildman–Crippen LogP) is 2.30. The number of fused-ring (bicyclic) bond motifs is 1. The second-order valence-electron chi connectivity index (χ2n) is 4.86. The van der Waals surface area contributed by atoms with E-state index in [1.165, 1.54) is 6.42 Å². The van der Waals surface area contributed by atoms with Gasteiger partial charge in [-0.2, -0.15) is 0 Å². The lowest BCUT2D eigenvalue weighted by Crippen LogP contribution is -2.40. The lowest BCUT2D eigenvalue weighted by molar-refractivity contribution is -0.151. The van der Waals surface area contributed by atoms with Crippen LogP contribution >= 0.6 is 22.6 Å². The standard InChI is InChI=1S/C10H13IO2/c11-10-3-6-1-7(4-10)9(12)13-8(2-6)5-10/h6-8H,1-5H2. The van der Waals surface area contributed by atoms with Crippen molar-refractivity contribution < 1.29 is 9.53 Å². The maximum absolute atomic E-state index is 11.6. The first kappa shape index (κ1) is 8.50. The minimum atomic E-state index is 0.0886. The lowest BCUT2D eigenvalue weighted by atomic mass is 9.68. The number of carbonyl (C=O) groups excluding carboxylic acids is 1. The Bertz CT molecular complexity index is 266. The molecule has 0 radical (unpaired) electrons. The van der Waals surface area contributed by atoms with Crippen LogP contribution in [0.25, 0.3) is 0 Å². The number of rotatable bonds is 0. The van der Waals surface area contributed by atoms with Gasteiger partial charge in [-0.25, -0.2) is 0 Å². The van der Waals surface area contributed by atoms with Crippen LogP contribution in [0.2, 0.25) is 0 Å². The summed E-state index contributed by atoms with van der Waals surface area (Å²) in [5.74, 6) is 1.08. The van der Waals surface area contributed by atoms with Gasteiger partial charge in [0.2, 0.25) is 0 Å². The van der Waals surface area contributed by atoms with Gasteiger partial charge in [0.05, 0.1) is 5.92 Å². The molecule has 0 aromatic carbocycles. The van der Waals surface area contributed by atoms with Gasteiger partial charge < -0.3 is 4.74 Å². The maximum atomic E-state index is 11.6. The highest BCUT2D eigenvalue weighted by atomic mass is 127. The van der Waals surface area contributed by atoms with Gasteiger partial charge in [0.15, 0.2) is 0 Å². The molecule has 13 heavy (non-hydrogen) atoms. The average Bonchev–Trinajstić information content (AvgIpc) is 2.12. The molecule has 0 N–H and O–H groups in total. The van der Waals surface area contributed by atoms with E-state index in [0.29, 0.717) is 3.42 Å². The number of hydrogen-bond acceptors (Lipinski definition) is 2. The zero-order valence-corrected chi connectivity index (χ0v) is 9.62. The summed E-state index contributed by atoms with van der Waals surface area (Å²) in [7, 11) is 0. The van der Waals surface area contributed by atoms with Crippen molar-refractivity contribution in [3.63, 3.8) is 0 Å². The first-order chi connectivity index (χ1) is 6.15. The summed E-state index contributed by atoms with van der Waals surface area (Å²) < 4.78 is 5.85. The third-order valence-corrected chi connectivity index (χ3v) is 5.01. The molecule has 2 aliphatic carbocycles. The van der Waals surface area contributed by atoms with E-state index in [4.69, 9.17) is 4.74 Å². The third-order valence-electron chi connectivity index (χ3n) is 3.69. The monoisotopic (exact) mass is 292 g/mol. The van der Waals surface area contributed by atoms with E-state index < -0.39 is 0 Å². The molecule has 2 aliphatic heterocycles. The molecule has 72 valence electrons. The highest BCUT2D eigenvalue weighted by Crippen LogP contribution is 2.53. The highest BCUT2D eigenvalue weighted by Gasteiger charge is 2.51. The second kappa shape index (κ2) is 2.61. The molecule has 2 saturated carbocycles. The Morgan fingerprint density at radius 3 is 2.92 bits per heavy atom. The van der Waals surface area contributed by atoms with Crippen LogP contribution in [0.4, 0.5) is 0 Å². The quantitative estimate of drug-likeness (QED) is 0.389. The topological polar surface area (TPSA) is 26.3 Å². The second-order valence-corrected chi connectivity index (χ2v) is 7.14. The average molecular weight is 292 g/mol. The molecule has 0 spiro atoms. The first-order valence-corrected chi connectivity index (χ1v) is 6.12. The Labute approximate surface area is 91.5 Å². The van der Waals surface area contributed by atoms with Crippen LogP contribution in [-0.4, -0.2) is 15.5 Å². The van der Waals surface area contributed by atoms with Crippen LogP contribution in [0.5, 0.6) is 0 Å². The minimum absolute atomic E-state index is 0.0886. The SMILES string of the molecule is O=C1OC2CC3CC1CC(I)(C3)C2. The Morgan fingerprint density at radius 1 is 1.31 bits per heavy atom. The summed E-state index contributed by atoms with van der Waals surface area (Å²) in [6.07, 6.45) is 5.96. The molecular weight excluding hydrogens is 279 g/mol. The molecule has 3 heteroatoms. The maximum Gasteiger partial charge on any atom is 0.309 e. The van der Waals surface area contributed by atoms with Crippen LogP contribution in [-0.2, 0) is 9.53 Å². The van der Waals surface area contributed by atoms with Crippen molar-refractivity contribution >= 4 is 28.6 Å². The van der Waals surface area contributed by atoms with Crippen LogP contribution in [0.3, 0.4) is 0 Å². The summed E-state index contributed by atoms with van der Waals surface area (Å²) in [5.41, 5.74) is 0. The summed E-state index contributed by atoms with van der Waals surface area (Å²) in [4.78, 5) is 11.6. The van der Waals surface area contributed by atoms with Crippen molar-refractivity contribution in [2.45, 2.75) is 41.6 Å². The molecule has 4 bridgehead atoms. The molecular formula is C10H13IO2. The zero-order valence-electron chi connectivity index (χ0n) is 7.46. The van der Waals surface area contributed by atoms with Gasteiger partial charge in [0, 0.05) is 3.42 Å². The Hall–Kier alpha value is 0.200. The fourth-order valence-corrected chi connectivity index (χ4v) is 5.00. The molecule has 0 aromatic heterocycles. The molecule has 4 fully saturated rings. The van der Waals surface area contributed by atoms with E-state index in [1.807, 2.05) is 0 Å². The number of hydrogen-bond donors (Lipinski definition) is 0. The van der Waals surface area contributed by atoms with Crippen LogP contribution in [0.1, 0.15) is 32.1 Å². The predicted molar refractivity (Wildman–Crippen MR) is 56.7 cm³/mol. The third kappa shape index (κ3) is 1.30. The zero-order chi connectivity index (χ0) is 9.05. The van der Waals surface area contributed by atoms with Gasteiger partial charge in [0.1, 0.15) is 6.10 Å². The highest BCUT2D eigenvalue weighted by molar-refractivity contribution is 14.1. The number of alkyl halides is 1. The van der Waals surface area contributed by atoms with Crippen molar-refractivity contribution in [1.29, 1.82) is 0 Å². The lowest BCUT2D eigenvalue weighted by Gasteiger charge is -2.42. The van der Waals surface area contributed by atoms with Crippen molar-refractivity contribution in [2.24, 2.45) is 11.8 Å². The fraction of sp³-hybridized carbons (Fsp3) is 0.900. The summed E-state index contributed by atoms with van der Waals surface area (Å²) in [6, 6.07) is 0. The normalized spacial score (nSPS) is 53.3. The molecule has 0 aromatic rings.